The van der Waals surface area contributed by atoms with Crippen LogP contribution in [0, 0.1) is 0 Å². The molecule has 0 amide bonds. The Bertz CT molecular complexity index is 70.1. The van der Waals surface area contributed by atoms with Crippen molar-refractivity contribution in [3.8, 4) is 0 Å². The van der Waals surface area contributed by atoms with Crippen LogP contribution in [-0.2, 0) is 0 Å². The van der Waals surface area contributed by atoms with Gasteiger partial charge in [0.1, 0.15) is 0 Å². The molecule has 0 rings (SSSR count). The van der Waals surface area contributed by atoms with Gasteiger partial charge in [0.05, 0.1) is 0 Å². The SMILES string of the molecule is CCCN(N)/C=C\N. The Labute approximate surface area is 49.9 Å². The molecule has 4 N–H and O–H groups in total. The van der Waals surface area contributed by atoms with Gasteiger partial charge in [-0.1, -0.05) is 6.92 Å². The molecule has 0 saturated heterocycles. The topological polar surface area (TPSA) is 55.3 Å². The lowest BCUT2D eigenvalue weighted by atomic mass is 10.5. The first kappa shape index (κ1) is 7.30. The number of hydrogen-bond acceptors (Lipinski definition) is 3. The molecule has 0 aliphatic rings. The van der Waals surface area contributed by atoms with E-state index in [1.54, 1.807) is 11.2 Å². The Balaban J connectivity index is 3.17. The summed E-state index contributed by atoms with van der Waals surface area (Å²) in [7, 11) is 0. The highest BCUT2D eigenvalue weighted by molar-refractivity contribution is 4.72. The molecule has 0 spiro atoms. The van der Waals surface area contributed by atoms with E-state index in [4.69, 9.17) is 11.6 Å². The first-order valence-electron chi connectivity index (χ1n) is 2.71. The van der Waals surface area contributed by atoms with Gasteiger partial charge in [0.2, 0.25) is 0 Å². The molecule has 48 valence electrons. The number of hydrazine groups is 1. The number of rotatable bonds is 3. The highest BCUT2D eigenvalue weighted by Crippen LogP contribution is 1.80. The van der Waals surface area contributed by atoms with Crippen LogP contribution in [0.2, 0.25) is 0 Å². The zero-order valence-electron chi connectivity index (χ0n) is 5.17. The van der Waals surface area contributed by atoms with Gasteiger partial charge < -0.3 is 10.7 Å². The van der Waals surface area contributed by atoms with Crippen molar-refractivity contribution >= 4 is 0 Å². The van der Waals surface area contributed by atoms with Crippen molar-refractivity contribution in [1.82, 2.24) is 5.01 Å². The summed E-state index contributed by atoms with van der Waals surface area (Å²) < 4.78 is 0. The van der Waals surface area contributed by atoms with Crippen molar-refractivity contribution in [2.75, 3.05) is 6.54 Å². The quantitative estimate of drug-likeness (QED) is 0.402. The van der Waals surface area contributed by atoms with Crippen molar-refractivity contribution in [1.29, 1.82) is 0 Å². The molecule has 0 atom stereocenters. The molecular weight excluding hydrogens is 102 g/mol. The molecule has 0 heterocycles. The predicted octanol–water partition coefficient (Wildman–Crippen LogP) is 0.00200. The minimum atomic E-state index is 0.855. The average Bonchev–Trinajstić information content (AvgIpc) is 1.68. The molecule has 8 heavy (non-hydrogen) atoms. The summed E-state index contributed by atoms with van der Waals surface area (Å²) in [4.78, 5) is 0. The van der Waals surface area contributed by atoms with E-state index in [0.29, 0.717) is 0 Å². The third-order valence-electron chi connectivity index (χ3n) is 0.759. The normalized spacial score (nSPS) is 10.2. The van der Waals surface area contributed by atoms with Crippen LogP contribution in [0.4, 0.5) is 0 Å². The molecule has 0 saturated carbocycles. The van der Waals surface area contributed by atoms with Crippen LogP contribution in [0.1, 0.15) is 13.3 Å². The summed E-state index contributed by atoms with van der Waals surface area (Å²) in [5.41, 5.74) is 5.06. The van der Waals surface area contributed by atoms with Gasteiger partial charge in [-0.15, -0.1) is 0 Å². The first-order chi connectivity index (χ1) is 3.81. The lowest BCUT2D eigenvalue weighted by molar-refractivity contribution is 0.393. The van der Waals surface area contributed by atoms with Crippen molar-refractivity contribution in [3.63, 3.8) is 0 Å². The smallest absolute Gasteiger partial charge is 0.0333 e. The molecule has 0 radical (unpaired) electrons. The van der Waals surface area contributed by atoms with Crippen LogP contribution >= 0.6 is 0 Å². The van der Waals surface area contributed by atoms with Gasteiger partial charge in [-0.3, -0.25) is 0 Å². The standard InChI is InChI=1S/C5H13N3/c1-2-4-8(7)5-3-6/h3,5H,2,4,6-7H2,1H3/b5-3-. The lowest BCUT2D eigenvalue weighted by Gasteiger charge is -2.09. The zero-order valence-corrected chi connectivity index (χ0v) is 5.17. The van der Waals surface area contributed by atoms with Crippen molar-refractivity contribution in [2.24, 2.45) is 11.6 Å². The van der Waals surface area contributed by atoms with Crippen molar-refractivity contribution in [3.05, 3.63) is 12.4 Å². The maximum absolute atomic E-state index is 5.36. The maximum atomic E-state index is 5.36. The third kappa shape index (κ3) is 3.49. The fourth-order valence-electron chi connectivity index (χ4n) is 0.443. The molecule has 0 aromatic heterocycles. The minimum absolute atomic E-state index is 0.855. The van der Waals surface area contributed by atoms with E-state index in [-0.39, 0.29) is 0 Å². The second kappa shape index (κ2) is 4.46. The van der Waals surface area contributed by atoms with E-state index in [1.165, 1.54) is 6.20 Å². The van der Waals surface area contributed by atoms with Gasteiger partial charge in [-0.2, -0.15) is 0 Å². The van der Waals surface area contributed by atoms with Gasteiger partial charge in [-0.25, -0.2) is 5.84 Å². The molecule has 0 aliphatic heterocycles. The molecule has 0 unspecified atom stereocenters. The third-order valence-corrected chi connectivity index (χ3v) is 0.759. The van der Waals surface area contributed by atoms with Crippen LogP contribution in [0.15, 0.2) is 12.4 Å². The summed E-state index contributed by atoms with van der Waals surface area (Å²) in [5.74, 6) is 5.36. The Morgan fingerprint density at radius 3 is 2.62 bits per heavy atom. The van der Waals surface area contributed by atoms with E-state index < -0.39 is 0 Å². The number of hydrogen-bond donors (Lipinski definition) is 2. The molecule has 0 bridgehead atoms. The summed E-state index contributed by atoms with van der Waals surface area (Å²) in [6.45, 7) is 2.91. The lowest BCUT2D eigenvalue weighted by Crippen LogP contribution is -2.25. The molecule has 0 fully saturated rings. The van der Waals surface area contributed by atoms with Crippen LogP contribution in [-0.4, -0.2) is 11.6 Å². The van der Waals surface area contributed by atoms with Crippen LogP contribution in [0.25, 0.3) is 0 Å². The van der Waals surface area contributed by atoms with Crippen molar-refractivity contribution in [2.45, 2.75) is 13.3 Å². The highest BCUT2D eigenvalue weighted by Gasteiger charge is 1.83. The molecular formula is C5H13N3. The fraction of sp³-hybridized carbons (Fsp3) is 0.600. The molecule has 0 aromatic rings. The van der Waals surface area contributed by atoms with Crippen molar-refractivity contribution < 1.29 is 0 Å². The minimum Gasteiger partial charge on any atom is -0.403 e. The van der Waals surface area contributed by atoms with Crippen LogP contribution in [0.5, 0.6) is 0 Å². The Morgan fingerprint density at radius 1 is 1.62 bits per heavy atom. The summed E-state index contributed by atoms with van der Waals surface area (Å²) in [6.07, 6.45) is 4.11. The van der Waals surface area contributed by atoms with E-state index in [9.17, 15) is 0 Å². The monoisotopic (exact) mass is 115 g/mol. The van der Waals surface area contributed by atoms with Gasteiger partial charge in [0.25, 0.3) is 0 Å². The number of nitrogens with two attached hydrogens (primary N) is 2. The second-order valence-corrected chi connectivity index (χ2v) is 1.58. The van der Waals surface area contributed by atoms with Crippen LogP contribution < -0.4 is 11.6 Å². The fourth-order valence-corrected chi connectivity index (χ4v) is 0.443. The van der Waals surface area contributed by atoms with Gasteiger partial charge >= 0.3 is 0 Å². The Morgan fingerprint density at radius 2 is 2.25 bits per heavy atom. The van der Waals surface area contributed by atoms with E-state index in [2.05, 4.69) is 6.92 Å². The Hall–Kier alpha value is -0.700. The van der Waals surface area contributed by atoms with E-state index in [0.717, 1.165) is 13.0 Å². The summed E-state index contributed by atoms with van der Waals surface area (Å²) in [5, 5.41) is 1.56. The van der Waals surface area contributed by atoms with Gasteiger partial charge in [0.15, 0.2) is 0 Å². The summed E-state index contributed by atoms with van der Waals surface area (Å²) >= 11 is 0. The molecule has 3 nitrogen and oxygen atoms in total. The maximum Gasteiger partial charge on any atom is 0.0333 e. The van der Waals surface area contributed by atoms with Gasteiger partial charge in [0, 0.05) is 18.9 Å². The largest absolute Gasteiger partial charge is 0.403 e. The van der Waals surface area contributed by atoms with E-state index in [1.807, 2.05) is 0 Å². The predicted molar refractivity (Wildman–Crippen MR) is 34.5 cm³/mol. The average molecular weight is 115 g/mol. The molecule has 3 heteroatoms. The molecule has 0 aromatic carbocycles. The summed E-state index contributed by atoms with van der Waals surface area (Å²) in [6, 6.07) is 0. The van der Waals surface area contributed by atoms with Gasteiger partial charge in [-0.05, 0) is 6.42 Å². The van der Waals surface area contributed by atoms with E-state index >= 15 is 0 Å². The molecule has 0 aliphatic carbocycles. The second-order valence-electron chi connectivity index (χ2n) is 1.58. The number of nitrogens with zero attached hydrogens (tertiary/aromatic N) is 1. The Kier molecular flexibility index (Phi) is 4.07. The highest BCUT2D eigenvalue weighted by atomic mass is 15.4. The van der Waals surface area contributed by atoms with Crippen LogP contribution in [0.3, 0.4) is 0 Å². The first-order valence-corrected chi connectivity index (χ1v) is 2.71. The zero-order chi connectivity index (χ0) is 6.41.